The molecule has 1 fully saturated rings. The van der Waals surface area contributed by atoms with Crippen molar-refractivity contribution < 1.29 is 0 Å². The number of nitrogens with two attached hydrogens (primary N) is 1. The Balaban J connectivity index is 1.98. The molecule has 3 N–H and O–H groups in total. The van der Waals surface area contributed by atoms with Gasteiger partial charge in [-0.25, -0.2) is 0 Å². The van der Waals surface area contributed by atoms with Crippen LogP contribution in [0.25, 0.3) is 0 Å². The third-order valence-electron chi connectivity index (χ3n) is 3.80. The van der Waals surface area contributed by atoms with Crippen molar-refractivity contribution in [3.05, 3.63) is 35.4 Å². The topological polar surface area (TPSA) is 38.0 Å². The van der Waals surface area contributed by atoms with Crippen molar-refractivity contribution in [3.63, 3.8) is 0 Å². The molecule has 17 heavy (non-hydrogen) atoms. The minimum absolute atomic E-state index is 0.406. The van der Waals surface area contributed by atoms with E-state index in [1.54, 1.807) is 0 Å². The lowest BCUT2D eigenvalue weighted by Gasteiger charge is -2.22. The van der Waals surface area contributed by atoms with Gasteiger partial charge in [0.05, 0.1) is 0 Å². The van der Waals surface area contributed by atoms with Gasteiger partial charge in [0.2, 0.25) is 0 Å². The average Bonchev–Trinajstić information content (AvgIpc) is 2.73. The maximum atomic E-state index is 5.96. The summed E-state index contributed by atoms with van der Waals surface area (Å²) in [4.78, 5) is 0. The molecule has 1 saturated carbocycles. The Hall–Kier alpha value is -0.860. The van der Waals surface area contributed by atoms with Gasteiger partial charge in [0.1, 0.15) is 0 Å². The van der Waals surface area contributed by atoms with Gasteiger partial charge in [-0.05, 0) is 38.2 Å². The average molecular weight is 232 g/mol. The maximum Gasteiger partial charge on any atom is 0.0320 e. The van der Waals surface area contributed by atoms with Gasteiger partial charge in [0.25, 0.3) is 0 Å². The van der Waals surface area contributed by atoms with E-state index in [9.17, 15) is 0 Å². The molecule has 3 unspecified atom stereocenters. The molecule has 3 atom stereocenters. The van der Waals surface area contributed by atoms with Crippen LogP contribution < -0.4 is 11.1 Å². The molecule has 0 spiro atoms. The highest BCUT2D eigenvalue weighted by Gasteiger charge is 2.23. The quantitative estimate of drug-likeness (QED) is 0.837. The van der Waals surface area contributed by atoms with E-state index in [2.05, 4.69) is 43.4 Å². The molecule has 0 aliphatic heterocycles. The second kappa shape index (κ2) is 5.65. The number of hydrogen-bond donors (Lipinski definition) is 2. The summed E-state index contributed by atoms with van der Waals surface area (Å²) >= 11 is 0. The van der Waals surface area contributed by atoms with E-state index in [1.807, 2.05) is 0 Å². The summed E-state index contributed by atoms with van der Waals surface area (Å²) in [6.07, 6.45) is 4.66. The van der Waals surface area contributed by atoms with Gasteiger partial charge in [-0.3, -0.25) is 0 Å². The Bertz CT molecular complexity index is 344. The Morgan fingerprint density at radius 3 is 2.53 bits per heavy atom. The minimum Gasteiger partial charge on any atom is -0.328 e. The smallest absolute Gasteiger partial charge is 0.0320 e. The van der Waals surface area contributed by atoms with E-state index in [1.165, 1.54) is 24.0 Å². The van der Waals surface area contributed by atoms with Gasteiger partial charge in [0, 0.05) is 18.1 Å². The molecule has 0 amide bonds. The minimum atomic E-state index is 0.406. The molecular weight excluding hydrogens is 208 g/mol. The van der Waals surface area contributed by atoms with Crippen LogP contribution >= 0.6 is 0 Å². The molecule has 0 bridgehead atoms. The molecule has 2 heteroatoms. The van der Waals surface area contributed by atoms with E-state index >= 15 is 0 Å². The van der Waals surface area contributed by atoms with E-state index in [0.717, 1.165) is 12.8 Å². The fourth-order valence-corrected chi connectivity index (χ4v) is 2.70. The van der Waals surface area contributed by atoms with E-state index in [4.69, 9.17) is 5.73 Å². The number of rotatable bonds is 4. The van der Waals surface area contributed by atoms with Crippen LogP contribution in [0.3, 0.4) is 0 Å². The van der Waals surface area contributed by atoms with Gasteiger partial charge in [-0.15, -0.1) is 0 Å². The molecular formula is C15H24N2. The van der Waals surface area contributed by atoms with Gasteiger partial charge in [-0.1, -0.05) is 36.8 Å². The monoisotopic (exact) mass is 232 g/mol. The van der Waals surface area contributed by atoms with Crippen molar-refractivity contribution in [1.29, 1.82) is 0 Å². The van der Waals surface area contributed by atoms with Crippen molar-refractivity contribution in [1.82, 2.24) is 5.32 Å². The van der Waals surface area contributed by atoms with Gasteiger partial charge >= 0.3 is 0 Å². The Kier molecular flexibility index (Phi) is 4.19. The summed E-state index contributed by atoms with van der Waals surface area (Å²) in [6, 6.07) is 10.4. The third-order valence-corrected chi connectivity index (χ3v) is 3.80. The second-order valence-corrected chi connectivity index (χ2v) is 5.31. The highest BCUT2D eigenvalue weighted by atomic mass is 15.0. The van der Waals surface area contributed by atoms with Crippen LogP contribution in [-0.4, -0.2) is 12.1 Å². The summed E-state index contributed by atoms with van der Waals surface area (Å²) in [6.45, 7) is 4.38. The van der Waals surface area contributed by atoms with Gasteiger partial charge in [-0.2, -0.15) is 0 Å². The zero-order valence-electron chi connectivity index (χ0n) is 10.9. The van der Waals surface area contributed by atoms with Gasteiger partial charge < -0.3 is 11.1 Å². The first kappa shape index (κ1) is 12.6. The number of nitrogens with one attached hydrogen (secondary N) is 1. The zero-order valence-corrected chi connectivity index (χ0v) is 10.9. The summed E-state index contributed by atoms with van der Waals surface area (Å²) in [7, 11) is 0. The first-order valence-electron chi connectivity index (χ1n) is 6.77. The molecule has 0 saturated heterocycles. The van der Waals surface area contributed by atoms with Crippen LogP contribution in [0.1, 0.15) is 49.8 Å². The fourth-order valence-electron chi connectivity index (χ4n) is 2.70. The molecule has 0 radical (unpaired) electrons. The zero-order chi connectivity index (χ0) is 12.3. The third kappa shape index (κ3) is 3.30. The van der Waals surface area contributed by atoms with Crippen molar-refractivity contribution in [2.24, 2.45) is 5.73 Å². The van der Waals surface area contributed by atoms with Crippen molar-refractivity contribution in [3.8, 4) is 0 Å². The standard InChI is InChI=1S/C15H24N2/c1-3-15(12-6-4-11(2)5-7-12)17-14-9-8-13(16)10-14/h4-7,13-15,17H,3,8-10,16H2,1-2H3. The molecule has 2 rings (SSSR count). The summed E-state index contributed by atoms with van der Waals surface area (Å²) in [5, 5.41) is 3.75. The summed E-state index contributed by atoms with van der Waals surface area (Å²) in [5.74, 6) is 0. The molecule has 1 aromatic carbocycles. The molecule has 2 nitrogen and oxygen atoms in total. The fraction of sp³-hybridized carbons (Fsp3) is 0.600. The van der Waals surface area contributed by atoms with E-state index in [0.29, 0.717) is 18.1 Å². The van der Waals surface area contributed by atoms with Crippen molar-refractivity contribution in [2.75, 3.05) is 0 Å². The number of aryl methyl sites for hydroxylation is 1. The predicted octanol–water partition coefficient (Wildman–Crippen LogP) is 2.92. The number of benzene rings is 1. The highest BCUT2D eigenvalue weighted by molar-refractivity contribution is 5.24. The Labute approximate surface area is 105 Å². The normalized spacial score (nSPS) is 26.1. The van der Waals surface area contributed by atoms with Crippen LogP contribution in [-0.2, 0) is 0 Å². The van der Waals surface area contributed by atoms with Crippen LogP contribution in [0.2, 0.25) is 0 Å². The van der Waals surface area contributed by atoms with Gasteiger partial charge in [0.15, 0.2) is 0 Å². The van der Waals surface area contributed by atoms with Crippen LogP contribution in [0, 0.1) is 6.92 Å². The molecule has 0 heterocycles. The summed E-state index contributed by atoms with van der Waals surface area (Å²) < 4.78 is 0. The lowest BCUT2D eigenvalue weighted by atomic mass is 10.0. The molecule has 94 valence electrons. The van der Waals surface area contributed by atoms with Crippen molar-refractivity contribution >= 4 is 0 Å². The summed E-state index contributed by atoms with van der Waals surface area (Å²) in [5.41, 5.74) is 8.69. The van der Waals surface area contributed by atoms with E-state index < -0.39 is 0 Å². The Morgan fingerprint density at radius 1 is 1.29 bits per heavy atom. The maximum absolute atomic E-state index is 5.96. The Morgan fingerprint density at radius 2 is 2.00 bits per heavy atom. The lowest BCUT2D eigenvalue weighted by molar-refractivity contribution is 0.427. The van der Waals surface area contributed by atoms with E-state index in [-0.39, 0.29) is 0 Å². The second-order valence-electron chi connectivity index (χ2n) is 5.31. The first-order chi connectivity index (χ1) is 8.19. The molecule has 1 aliphatic carbocycles. The van der Waals surface area contributed by atoms with Crippen LogP contribution in [0.15, 0.2) is 24.3 Å². The molecule has 1 aliphatic rings. The number of hydrogen-bond acceptors (Lipinski definition) is 2. The van der Waals surface area contributed by atoms with Crippen molar-refractivity contribution in [2.45, 2.75) is 57.7 Å². The van der Waals surface area contributed by atoms with Crippen LogP contribution in [0.4, 0.5) is 0 Å². The highest BCUT2D eigenvalue weighted by Crippen LogP contribution is 2.23. The molecule has 0 aromatic heterocycles. The first-order valence-corrected chi connectivity index (χ1v) is 6.77. The lowest BCUT2D eigenvalue weighted by Crippen LogP contribution is -2.32. The largest absolute Gasteiger partial charge is 0.328 e. The van der Waals surface area contributed by atoms with Crippen LogP contribution in [0.5, 0.6) is 0 Å². The predicted molar refractivity (Wildman–Crippen MR) is 73.0 cm³/mol. The molecule has 1 aromatic rings. The SMILES string of the molecule is CCC(NC1CCC(N)C1)c1ccc(C)cc1.